The minimum absolute atomic E-state index is 0.00686. The van der Waals surface area contributed by atoms with E-state index in [0.717, 1.165) is 50.3 Å². The van der Waals surface area contributed by atoms with Gasteiger partial charge >= 0.3 is 0 Å². The molecule has 0 amide bonds. The number of aliphatic hydroxyl groups excluding tert-OH is 1. The maximum absolute atomic E-state index is 9.84. The number of rotatable bonds is 8. The van der Waals surface area contributed by atoms with Gasteiger partial charge in [0.2, 0.25) is 0 Å². The smallest absolute Gasteiger partial charge is 0.113 e. The Balaban J connectivity index is 1.34. The summed E-state index contributed by atoms with van der Waals surface area (Å²) in [7, 11) is 0. The quantitative estimate of drug-likeness (QED) is 0.231. The highest BCUT2D eigenvalue weighted by Crippen LogP contribution is 2.34. The minimum Gasteiger partial charge on any atom is -0.494 e. The molecule has 0 heterocycles. The molecule has 178 valence electrons. The van der Waals surface area contributed by atoms with Gasteiger partial charge in [-0.25, -0.2) is 0 Å². The molecule has 36 heavy (non-hydrogen) atoms. The van der Waals surface area contributed by atoms with Gasteiger partial charge in [0.25, 0.3) is 0 Å². The van der Waals surface area contributed by atoms with Crippen LogP contribution in [0.4, 0.5) is 17.1 Å². The van der Waals surface area contributed by atoms with Crippen LogP contribution in [0, 0.1) is 0 Å². The van der Waals surface area contributed by atoms with Gasteiger partial charge in [0, 0.05) is 17.1 Å². The first-order valence-electron chi connectivity index (χ1n) is 12.1. The largest absolute Gasteiger partial charge is 0.494 e. The molecule has 0 aliphatic rings. The number of para-hydroxylation sites is 2. The third-order valence-corrected chi connectivity index (χ3v) is 6.24. The SMILES string of the molecule is CC(=Cc1ccc(N(c2ccccc2)c2ccccc2)cc1)OCc1cc2ccccc2cc1CO. The molecule has 0 atom stereocenters. The Morgan fingerprint density at radius 1 is 0.667 bits per heavy atom. The van der Waals surface area contributed by atoms with Crippen LogP contribution in [0.25, 0.3) is 16.8 Å². The Bertz CT molecular complexity index is 1420. The van der Waals surface area contributed by atoms with Crippen molar-refractivity contribution in [2.75, 3.05) is 4.90 Å². The summed E-state index contributed by atoms with van der Waals surface area (Å²) in [4.78, 5) is 2.24. The van der Waals surface area contributed by atoms with Gasteiger partial charge < -0.3 is 14.7 Å². The van der Waals surface area contributed by atoms with Gasteiger partial charge in [-0.3, -0.25) is 0 Å². The van der Waals surface area contributed by atoms with Crippen LogP contribution in [0.15, 0.2) is 127 Å². The van der Waals surface area contributed by atoms with Crippen molar-refractivity contribution < 1.29 is 9.84 Å². The Morgan fingerprint density at radius 2 is 1.17 bits per heavy atom. The Kier molecular flexibility index (Phi) is 7.11. The van der Waals surface area contributed by atoms with E-state index >= 15 is 0 Å². The topological polar surface area (TPSA) is 32.7 Å². The fraction of sp³-hybridized carbons (Fsp3) is 0.0909. The van der Waals surface area contributed by atoms with Gasteiger partial charge in [-0.05, 0) is 89.0 Å². The van der Waals surface area contributed by atoms with Gasteiger partial charge in [-0.1, -0.05) is 72.8 Å². The lowest BCUT2D eigenvalue weighted by atomic mass is 10.0. The fourth-order valence-electron chi connectivity index (χ4n) is 4.41. The predicted octanol–water partition coefficient (Wildman–Crippen LogP) is 8.38. The number of ether oxygens (including phenoxy) is 1. The molecule has 0 aromatic heterocycles. The monoisotopic (exact) mass is 471 g/mol. The van der Waals surface area contributed by atoms with Crippen molar-refractivity contribution in [2.45, 2.75) is 20.1 Å². The van der Waals surface area contributed by atoms with Crippen molar-refractivity contribution in [1.29, 1.82) is 0 Å². The molecule has 5 rings (SSSR count). The van der Waals surface area contributed by atoms with Crippen molar-refractivity contribution >= 4 is 33.9 Å². The third kappa shape index (κ3) is 5.32. The highest BCUT2D eigenvalue weighted by atomic mass is 16.5. The van der Waals surface area contributed by atoms with E-state index in [0.29, 0.717) is 6.61 Å². The zero-order valence-electron chi connectivity index (χ0n) is 20.3. The van der Waals surface area contributed by atoms with Crippen LogP contribution in [0.3, 0.4) is 0 Å². The predicted molar refractivity (Wildman–Crippen MR) is 149 cm³/mol. The fourth-order valence-corrected chi connectivity index (χ4v) is 4.41. The van der Waals surface area contributed by atoms with Crippen molar-refractivity contribution in [2.24, 2.45) is 0 Å². The number of allylic oxidation sites excluding steroid dienone is 1. The second kappa shape index (κ2) is 10.9. The minimum atomic E-state index is -0.00686. The number of aliphatic hydroxyl groups is 1. The number of benzene rings is 5. The number of anilines is 3. The van der Waals surface area contributed by atoms with E-state index in [4.69, 9.17) is 4.74 Å². The van der Waals surface area contributed by atoms with E-state index in [-0.39, 0.29) is 6.61 Å². The number of fused-ring (bicyclic) bond motifs is 1. The van der Waals surface area contributed by atoms with Crippen molar-refractivity contribution in [3.05, 3.63) is 144 Å². The van der Waals surface area contributed by atoms with Crippen LogP contribution in [-0.4, -0.2) is 5.11 Å². The summed E-state index contributed by atoms with van der Waals surface area (Å²) in [6, 6.07) is 41.6. The van der Waals surface area contributed by atoms with Crippen molar-refractivity contribution in [3.8, 4) is 0 Å². The molecule has 0 unspecified atom stereocenters. The molecule has 0 aliphatic heterocycles. The van der Waals surface area contributed by atoms with Gasteiger partial charge in [0.15, 0.2) is 0 Å². The lowest BCUT2D eigenvalue weighted by Gasteiger charge is -2.25. The highest BCUT2D eigenvalue weighted by Gasteiger charge is 2.11. The van der Waals surface area contributed by atoms with E-state index in [1.165, 1.54) is 0 Å². The molecule has 3 heteroatoms. The van der Waals surface area contributed by atoms with Crippen LogP contribution in [0.1, 0.15) is 23.6 Å². The normalized spacial score (nSPS) is 11.4. The van der Waals surface area contributed by atoms with E-state index in [1.807, 2.05) is 43.3 Å². The second-order valence-corrected chi connectivity index (χ2v) is 8.77. The van der Waals surface area contributed by atoms with Crippen LogP contribution >= 0.6 is 0 Å². The van der Waals surface area contributed by atoms with Gasteiger partial charge in [0.1, 0.15) is 6.61 Å². The summed E-state index contributed by atoms with van der Waals surface area (Å²) in [6.07, 6.45) is 2.04. The molecule has 0 fully saturated rings. The molecule has 0 spiro atoms. The Morgan fingerprint density at radius 3 is 1.72 bits per heavy atom. The van der Waals surface area contributed by atoms with Gasteiger partial charge in [-0.15, -0.1) is 0 Å². The molecule has 5 aromatic rings. The number of hydrogen-bond donors (Lipinski definition) is 1. The maximum Gasteiger partial charge on any atom is 0.113 e. The van der Waals surface area contributed by atoms with Crippen LogP contribution in [-0.2, 0) is 18.0 Å². The lowest BCUT2D eigenvalue weighted by molar-refractivity contribution is 0.199. The summed E-state index contributed by atoms with van der Waals surface area (Å²) in [6.45, 7) is 2.37. The molecular weight excluding hydrogens is 442 g/mol. The van der Waals surface area contributed by atoms with Gasteiger partial charge in [-0.2, -0.15) is 0 Å². The van der Waals surface area contributed by atoms with Crippen LogP contribution < -0.4 is 4.90 Å². The van der Waals surface area contributed by atoms with Crippen molar-refractivity contribution in [3.63, 3.8) is 0 Å². The average molecular weight is 472 g/mol. The lowest BCUT2D eigenvalue weighted by Crippen LogP contribution is -2.09. The van der Waals surface area contributed by atoms with E-state index in [2.05, 4.69) is 95.9 Å². The first kappa shape index (κ1) is 23.4. The molecule has 0 saturated carbocycles. The molecule has 0 saturated heterocycles. The van der Waals surface area contributed by atoms with E-state index < -0.39 is 0 Å². The summed E-state index contributed by atoms with van der Waals surface area (Å²) in [5.41, 5.74) is 6.28. The first-order valence-corrected chi connectivity index (χ1v) is 12.1. The zero-order valence-corrected chi connectivity index (χ0v) is 20.3. The molecule has 3 nitrogen and oxygen atoms in total. The summed E-state index contributed by atoms with van der Waals surface area (Å²) < 4.78 is 6.08. The van der Waals surface area contributed by atoms with Gasteiger partial charge in [0.05, 0.1) is 12.4 Å². The standard InChI is InChI=1S/C33H29NO2/c1-25(36-24-30-22-28-11-9-8-10-27(28)21-29(30)23-35)20-26-16-18-33(19-17-26)34(31-12-4-2-5-13-31)32-14-6-3-7-15-32/h2-22,35H,23-24H2,1H3. The maximum atomic E-state index is 9.84. The molecule has 0 bridgehead atoms. The molecule has 5 aromatic carbocycles. The van der Waals surface area contributed by atoms with E-state index in [9.17, 15) is 5.11 Å². The summed E-state index contributed by atoms with van der Waals surface area (Å²) in [5.74, 6) is 0.822. The summed E-state index contributed by atoms with van der Waals surface area (Å²) >= 11 is 0. The average Bonchev–Trinajstić information content (AvgIpc) is 2.93. The van der Waals surface area contributed by atoms with Crippen LogP contribution in [0.5, 0.6) is 0 Å². The second-order valence-electron chi connectivity index (χ2n) is 8.77. The number of nitrogens with zero attached hydrogens (tertiary/aromatic N) is 1. The highest BCUT2D eigenvalue weighted by molar-refractivity contribution is 5.84. The zero-order chi connectivity index (χ0) is 24.7. The first-order chi connectivity index (χ1) is 17.7. The number of hydrogen-bond acceptors (Lipinski definition) is 3. The van der Waals surface area contributed by atoms with Crippen LogP contribution in [0.2, 0.25) is 0 Å². The molecular formula is C33H29NO2. The van der Waals surface area contributed by atoms with E-state index in [1.54, 1.807) is 0 Å². The molecule has 0 aliphatic carbocycles. The molecule has 1 N–H and O–H groups in total. The Labute approximate surface area is 212 Å². The molecule has 0 radical (unpaired) electrons. The third-order valence-electron chi connectivity index (χ3n) is 6.24. The van der Waals surface area contributed by atoms with Crippen molar-refractivity contribution in [1.82, 2.24) is 0 Å². The summed E-state index contributed by atoms with van der Waals surface area (Å²) in [5, 5.41) is 12.1. The Hall–Kier alpha value is -4.34.